The average molecular weight is 350 g/mol. The first-order valence-corrected chi connectivity index (χ1v) is 9.17. The van der Waals surface area contributed by atoms with Gasteiger partial charge in [0.15, 0.2) is 5.78 Å². The second kappa shape index (κ2) is 10.3. The van der Waals surface area contributed by atoms with Crippen LogP contribution in [-0.2, 0) is 17.6 Å². The fraction of sp³-hybridized carbons (Fsp3) is 0.304. The van der Waals surface area contributed by atoms with Crippen LogP contribution in [0.5, 0.6) is 5.75 Å². The molecule has 0 atom stereocenters. The van der Waals surface area contributed by atoms with E-state index in [2.05, 4.69) is 13.5 Å². The van der Waals surface area contributed by atoms with Crippen molar-refractivity contribution in [3.63, 3.8) is 0 Å². The van der Waals surface area contributed by atoms with Crippen molar-refractivity contribution in [1.29, 1.82) is 0 Å². The molecule has 0 aliphatic carbocycles. The van der Waals surface area contributed by atoms with E-state index < -0.39 is 0 Å². The van der Waals surface area contributed by atoms with Gasteiger partial charge in [-0.15, -0.1) is 0 Å². The monoisotopic (exact) mass is 350 g/mol. The highest BCUT2D eigenvalue weighted by Crippen LogP contribution is 2.16. The van der Waals surface area contributed by atoms with Crippen molar-refractivity contribution in [1.82, 2.24) is 0 Å². The number of unbranched alkanes of at least 4 members (excludes halogenated alkanes) is 2. The van der Waals surface area contributed by atoms with Gasteiger partial charge in [0.2, 0.25) is 0 Å². The van der Waals surface area contributed by atoms with E-state index in [9.17, 15) is 9.59 Å². The van der Waals surface area contributed by atoms with Crippen LogP contribution >= 0.6 is 0 Å². The second-order valence-corrected chi connectivity index (χ2v) is 6.36. The Balaban J connectivity index is 1.88. The molecule has 2 aromatic rings. The Labute approximate surface area is 155 Å². The molecule has 0 N–H and O–H groups in total. The van der Waals surface area contributed by atoms with Crippen LogP contribution in [0.1, 0.15) is 54.1 Å². The molecule has 0 aromatic heterocycles. The summed E-state index contributed by atoms with van der Waals surface area (Å²) in [5, 5.41) is 0. The van der Waals surface area contributed by atoms with E-state index >= 15 is 0 Å². The lowest BCUT2D eigenvalue weighted by Gasteiger charge is -2.07. The third-order valence-electron chi connectivity index (χ3n) is 4.28. The summed E-state index contributed by atoms with van der Waals surface area (Å²) in [6, 6.07) is 14.9. The first-order valence-electron chi connectivity index (χ1n) is 9.17. The minimum atomic E-state index is -0.361. The number of ketones is 1. The number of esters is 1. The molecule has 0 bridgehead atoms. The quantitative estimate of drug-likeness (QED) is 0.252. The number of hydrogen-bond acceptors (Lipinski definition) is 3. The molecule has 0 heterocycles. The second-order valence-electron chi connectivity index (χ2n) is 6.36. The summed E-state index contributed by atoms with van der Waals surface area (Å²) in [4.78, 5) is 23.5. The van der Waals surface area contributed by atoms with Gasteiger partial charge in [-0.2, -0.15) is 0 Å². The summed E-state index contributed by atoms with van der Waals surface area (Å²) in [6.07, 6.45) is 7.07. The van der Waals surface area contributed by atoms with Gasteiger partial charge in [-0.3, -0.25) is 4.79 Å². The van der Waals surface area contributed by atoms with Crippen molar-refractivity contribution in [2.75, 3.05) is 0 Å². The van der Waals surface area contributed by atoms with Crippen LogP contribution in [0, 0.1) is 0 Å². The molecule has 2 rings (SSSR count). The van der Waals surface area contributed by atoms with E-state index in [-0.39, 0.29) is 11.8 Å². The topological polar surface area (TPSA) is 43.4 Å². The molecule has 2 aromatic carbocycles. The maximum absolute atomic E-state index is 12.2. The third-order valence-corrected chi connectivity index (χ3v) is 4.28. The summed E-state index contributed by atoms with van der Waals surface area (Å²) in [5.74, 6) is 0.166. The van der Waals surface area contributed by atoms with Crippen molar-refractivity contribution >= 4 is 11.8 Å². The molecular weight excluding hydrogens is 324 g/mol. The highest BCUT2D eigenvalue weighted by atomic mass is 16.5. The number of hydrogen-bond donors (Lipinski definition) is 0. The highest BCUT2D eigenvalue weighted by molar-refractivity contribution is 5.91. The average Bonchev–Trinajstić information content (AvgIpc) is 2.68. The predicted molar refractivity (Wildman–Crippen MR) is 105 cm³/mol. The number of aryl methyl sites for hydroxylation is 2. The van der Waals surface area contributed by atoms with Gasteiger partial charge in [0.1, 0.15) is 5.75 Å². The maximum Gasteiger partial charge on any atom is 0.343 e. The van der Waals surface area contributed by atoms with Crippen molar-refractivity contribution in [3.05, 3.63) is 77.9 Å². The molecular formula is C23H26O3. The number of benzene rings is 2. The van der Waals surface area contributed by atoms with Gasteiger partial charge in [-0.05, 0) is 60.7 Å². The first-order chi connectivity index (χ1) is 12.6. The minimum Gasteiger partial charge on any atom is -0.423 e. The molecule has 26 heavy (non-hydrogen) atoms. The Hall–Kier alpha value is -2.68. The Morgan fingerprint density at radius 3 is 2.15 bits per heavy atom. The largest absolute Gasteiger partial charge is 0.423 e. The van der Waals surface area contributed by atoms with Crippen LogP contribution in [0.4, 0.5) is 0 Å². The zero-order valence-corrected chi connectivity index (χ0v) is 15.4. The zero-order valence-electron chi connectivity index (χ0n) is 15.4. The Kier molecular flexibility index (Phi) is 7.81. The fourth-order valence-electron chi connectivity index (χ4n) is 2.65. The summed E-state index contributed by atoms with van der Waals surface area (Å²) in [6.45, 7) is 5.65. The zero-order chi connectivity index (χ0) is 18.8. The summed E-state index contributed by atoms with van der Waals surface area (Å²) in [5.41, 5.74) is 2.81. The molecule has 136 valence electrons. The number of ether oxygens (including phenoxy) is 1. The number of carbonyl (C=O) groups excluding carboxylic acids is 2. The van der Waals surface area contributed by atoms with Crippen LogP contribution in [0.15, 0.2) is 61.2 Å². The Morgan fingerprint density at radius 1 is 0.923 bits per heavy atom. The maximum atomic E-state index is 12.2. The van der Waals surface area contributed by atoms with Gasteiger partial charge in [-0.25, -0.2) is 4.79 Å². The van der Waals surface area contributed by atoms with E-state index in [4.69, 9.17) is 4.74 Å². The standard InChI is InChI=1S/C23H26O3/c1-3-5-6-7-18-8-13-20(14-9-18)23(25)26-22-16-11-19(12-17-22)10-15-21(24)4-2/h4,8-9,11-14,16-17H,2-3,5-7,10,15H2,1H3. The molecule has 0 saturated heterocycles. The number of allylic oxidation sites excluding steroid dienone is 1. The molecule has 0 aliphatic heterocycles. The SMILES string of the molecule is C=CC(=O)CCc1ccc(OC(=O)c2ccc(CCCCC)cc2)cc1. The normalized spacial score (nSPS) is 10.3. The van der Waals surface area contributed by atoms with E-state index in [1.807, 2.05) is 36.4 Å². The molecule has 0 amide bonds. The molecule has 0 unspecified atom stereocenters. The number of rotatable bonds is 10. The lowest BCUT2D eigenvalue weighted by molar-refractivity contribution is -0.114. The van der Waals surface area contributed by atoms with Gasteiger partial charge < -0.3 is 4.74 Å². The molecule has 0 fully saturated rings. The predicted octanol–water partition coefficient (Wildman–Crippen LogP) is 5.33. The van der Waals surface area contributed by atoms with Crippen LogP contribution in [0.25, 0.3) is 0 Å². The Bertz CT molecular complexity index is 727. The first kappa shape index (κ1) is 19.6. The number of carbonyl (C=O) groups is 2. The molecule has 0 saturated carbocycles. The lowest BCUT2D eigenvalue weighted by Crippen LogP contribution is -2.08. The van der Waals surface area contributed by atoms with Crippen molar-refractivity contribution in [2.45, 2.75) is 45.4 Å². The van der Waals surface area contributed by atoms with E-state index in [1.54, 1.807) is 12.1 Å². The third kappa shape index (κ3) is 6.32. The van der Waals surface area contributed by atoms with Crippen LogP contribution in [0.2, 0.25) is 0 Å². The van der Waals surface area contributed by atoms with Crippen LogP contribution < -0.4 is 4.74 Å². The minimum absolute atomic E-state index is 0.0265. The fourth-order valence-corrected chi connectivity index (χ4v) is 2.65. The summed E-state index contributed by atoms with van der Waals surface area (Å²) < 4.78 is 5.42. The van der Waals surface area contributed by atoms with E-state index in [0.717, 1.165) is 12.0 Å². The van der Waals surface area contributed by atoms with Crippen molar-refractivity contribution in [3.8, 4) is 5.75 Å². The van der Waals surface area contributed by atoms with Gasteiger partial charge >= 0.3 is 5.97 Å². The van der Waals surface area contributed by atoms with Crippen molar-refractivity contribution in [2.24, 2.45) is 0 Å². The smallest absolute Gasteiger partial charge is 0.343 e. The Morgan fingerprint density at radius 2 is 1.54 bits per heavy atom. The molecule has 0 radical (unpaired) electrons. The highest BCUT2D eigenvalue weighted by Gasteiger charge is 2.09. The van der Waals surface area contributed by atoms with Gasteiger partial charge in [0.25, 0.3) is 0 Å². The van der Waals surface area contributed by atoms with Gasteiger partial charge in [-0.1, -0.05) is 50.6 Å². The molecule has 0 spiro atoms. The van der Waals surface area contributed by atoms with Crippen LogP contribution in [-0.4, -0.2) is 11.8 Å². The molecule has 3 nitrogen and oxygen atoms in total. The summed E-state index contributed by atoms with van der Waals surface area (Å²) in [7, 11) is 0. The van der Waals surface area contributed by atoms with E-state index in [1.165, 1.54) is 30.9 Å². The van der Waals surface area contributed by atoms with Gasteiger partial charge in [0.05, 0.1) is 5.56 Å². The van der Waals surface area contributed by atoms with E-state index in [0.29, 0.717) is 24.2 Å². The molecule has 3 heteroatoms. The van der Waals surface area contributed by atoms with Gasteiger partial charge in [0, 0.05) is 6.42 Å². The molecule has 0 aliphatic rings. The van der Waals surface area contributed by atoms with Crippen LogP contribution in [0.3, 0.4) is 0 Å². The lowest BCUT2D eigenvalue weighted by atomic mass is 10.1. The summed E-state index contributed by atoms with van der Waals surface area (Å²) >= 11 is 0. The van der Waals surface area contributed by atoms with Crippen molar-refractivity contribution < 1.29 is 14.3 Å².